The van der Waals surface area contributed by atoms with Crippen molar-refractivity contribution < 1.29 is 4.79 Å². The van der Waals surface area contributed by atoms with Crippen LogP contribution in [0.2, 0.25) is 5.02 Å². The number of aryl methyl sites for hydroxylation is 1. The first-order valence-electron chi connectivity index (χ1n) is 5.61. The van der Waals surface area contributed by atoms with Gasteiger partial charge in [-0.15, -0.1) is 0 Å². The molecule has 3 nitrogen and oxygen atoms in total. The monoisotopic (exact) mass is 260 g/mol. The maximum absolute atomic E-state index is 11.9. The van der Waals surface area contributed by atoms with Crippen LogP contribution in [0.1, 0.15) is 21.6 Å². The maximum Gasteiger partial charge on any atom is 0.251 e. The van der Waals surface area contributed by atoms with Crippen molar-refractivity contribution in [1.82, 2.24) is 10.3 Å². The third kappa shape index (κ3) is 3.08. The van der Waals surface area contributed by atoms with Crippen LogP contribution in [0.3, 0.4) is 0 Å². The van der Waals surface area contributed by atoms with Crippen LogP contribution in [-0.4, -0.2) is 10.9 Å². The Hall–Kier alpha value is -1.87. The zero-order valence-corrected chi connectivity index (χ0v) is 10.7. The summed E-state index contributed by atoms with van der Waals surface area (Å²) in [5, 5.41) is 3.49. The van der Waals surface area contributed by atoms with E-state index in [4.69, 9.17) is 11.6 Å². The number of hydrogen-bond acceptors (Lipinski definition) is 2. The minimum Gasteiger partial charge on any atom is -0.348 e. The Labute approximate surface area is 111 Å². The molecule has 0 saturated carbocycles. The number of benzene rings is 1. The van der Waals surface area contributed by atoms with Crippen molar-refractivity contribution in [2.45, 2.75) is 13.5 Å². The molecule has 0 atom stereocenters. The molecule has 92 valence electrons. The number of hydrogen-bond donors (Lipinski definition) is 1. The van der Waals surface area contributed by atoms with Gasteiger partial charge in [0.1, 0.15) is 0 Å². The molecular formula is C14H13ClN2O. The van der Waals surface area contributed by atoms with Crippen molar-refractivity contribution in [2.75, 3.05) is 0 Å². The number of amides is 1. The number of aromatic nitrogens is 1. The molecule has 1 amide bonds. The molecule has 18 heavy (non-hydrogen) atoms. The van der Waals surface area contributed by atoms with Crippen LogP contribution in [0.4, 0.5) is 0 Å². The zero-order valence-electron chi connectivity index (χ0n) is 9.98. The third-order valence-corrected chi connectivity index (χ3v) is 2.92. The molecule has 0 aliphatic carbocycles. The van der Waals surface area contributed by atoms with Crippen molar-refractivity contribution in [2.24, 2.45) is 0 Å². The van der Waals surface area contributed by atoms with Gasteiger partial charge >= 0.3 is 0 Å². The van der Waals surface area contributed by atoms with Crippen molar-refractivity contribution in [3.63, 3.8) is 0 Å². The fourth-order valence-electron chi connectivity index (χ4n) is 1.61. The Morgan fingerprint density at radius 3 is 2.83 bits per heavy atom. The maximum atomic E-state index is 11.9. The van der Waals surface area contributed by atoms with Crippen LogP contribution in [-0.2, 0) is 6.54 Å². The summed E-state index contributed by atoms with van der Waals surface area (Å²) in [5.74, 6) is -0.125. The Balaban J connectivity index is 2.03. The van der Waals surface area contributed by atoms with Gasteiger partial charge in [0, 0.05) is 29.0 Å². The van der Waals surface area contributed by atoms with E-state index in [1.807, 2.05) is 25.1 Å². The topological polar surface area (TPSA) is 42.0 Å². The summed E-state index contributed by atoms with van der Waals surface area (Å²) in [6.07, 6.45) is 1.62. The first-order valence-corrected chi connectivity index (χ1v) is 5.99. The molecule has 0 saturated heterocycles. The second-order valence-electron chi connectivity index (χ2n) is 3.96. The lowest BCUT2D eigenvalue weighted by atomic mass is 10.2. The molecule has 2 aromatic rings. The zero-order chi connectivity index (χ0) is 13.0. The van der Waals surface area contributed by atoms with Crippen LogP contribution in [0.15, 0.2) is 42.6 Å². The molecule has 0 aliphatic rings. The van der Waals surface area contributed by atoms with Gasteiger partial charge in [-0.3, -0.25) is 9.78 Å². The number of halogens is 1. The second kappa shape index (κ2) is 5.65. The van der Waals surface area contributed by atoms with E-state index in [1.165, 1.54) is 0 Å². The standard InChI is InChI=1S/C14H13ClN2O/c1-10-8-11(6-7-16-10)14(18)17-9-12-4-2-3-5-13(12)15/h2-8H,9H2,1H3,(H,17,18). The molecule has 0 radical (unpaired) electrons. The number of pyridine rings is 1. The molecule has 2 rings (SSSR count). The highest BCUT2D eigenvalue weighted by molar-refractivity contribution is 6.31. The highest BCUT2D eigenvalue weighted by Crippen LogP contribution is 2.14. The molecule has 4 heteroatoms. The summed E-state index contributed by atoms with van der Waals surface area (Å²) in [6.45, 7) is 2.27. The largest absolute Gasteiger partial charge is 0.348 e. The van der Waals surface area contributed by atoms with Gasteiger partial charge < -0.3 is 5.32 Å². The Bertz CT molecular complexity index is 569. The number of nitrogens with one attached hydrogen (secondary N) is 1. The first kappa shape index (κ1) is 12.6. The minimum absolute atomic E-state index is 0.125. The number of rotatable bonds is 3. The van der Waals surface area contributed by atoms with Crippen LogP contribution in [0, 0.1) is 6.92 Å². The molecule has 0 spiro atoms. The summed E-state index contributed by atoms with van der Waals surface area (Å²) in [7, 11) is 0. The SMILES string of the molecule is Cc1cc(C(=O)NCc2ccccc2Cl)ccn1. The van der Waals surface area contributed by atoms with E-state index >= 15 is 0 Å². The van der Waals surface area contributed by atoms with Crippen LogP contribution in [0.25, 0.3) is 0 Å². The Morgan fingerprint density at radius 2 is 2.11 bits per heavy atom. The summed E-state index contributed by atoms with van der Waals surface area (Å²) < 4.78 is 0. The highest BCUT2D eigenvalue weighted by Gasteiger charge is 2.06. The summed E-state index contributed by atoms with van der Waals surface area (Å²) >= 11 is 6.02. The van der Waals surface area contributed by atoms with Crippen molar-refractivity contribution in [3.05, 3.63) is 64.4 Å². The third-order valence-electron chi connectivity index (χ3n) is 2.56. The Morgan fingerprint density at radius 1 is 1.33 bits per heavy atom. The van der Waals surface area contributed by atoms with Crippen LogP contribution < -0.4 is 5.32 Å². The van der Waals surface area contributed by atoms with E-state index in [1.54, 1.807) is 24.4 Å². The van der Waals surface area contributed by atoms with Gasteiger partial charge in [0.05, 0.1) is 0 Å². The predicted octanol–water partition coefficient (Wildman–Crippen LogP) is 2.97. The van der Waals surface area contributed by atoms with E-state index in [2.05, 4.69) is 10.3 Å². The van der Waals surface area contributed by atoms with Gasteiger partial charge in [0.2, 0.25) is 0 Å². The molecule has 0 bridgehead atoms. The van der Waals surface area contributed by atoms with Gasteiger partial charge in [-0.25, -0.2) is 0 Å². The van der Waals surface area contributed by atoms with Crippen molar-refractivity contribution in [1.29, 1.82) is 0 Å². The first-order chi connectivity index (χ1) is 8.66. The van der Waals surface area contributed by atoms with E-state index in [0.29, 0.717) is 17.1 Å². The predicted molar refractivity (Wildman–Crippen MR) is 71.6 cm³/mol. The van der Waals surface area contributed by atoms with Gasteiger partial charge in [0.25, 0.3) is 5.91 Å². The van der Waals surface area contributed by atoms with Gasteiger partial charge in [-0.1, -0.05) is 29.8 Å². The van der Waals surface area contributed by atoms with Crippen LogP contribution >= 0.6 is 11.6 Å². The molecule has 0 aliphatic heterocycles. The molecule has 1 N–H and O–H groups in total. The lowest BCUT2D eigenvalue weighted by Gasteiger charge is -2.07. The smallest absolute Gasteiger partial charge is 0.251 e. The quantitative estimate of drug-likeness (QED) is 0.922. The number of carbonyl (C=O) groups is 1. The van der Waals surface area contributed by atoms with E-state index in [-0.39, 0.29) is 5.91 Å². The average Bonchev–Trinajstić information content (AvgIpc) is 2.37. The average molecular weight is 261 g/mol. The van der Waals surface area contributed by atoms with Crippen LogP contribution in [0.5, 0.6) is 0 Å². The number of carbonyl (C=O) groups excluding carboxylic acids is 1. The number of nitrogens with zero attached hydrogens (tertiary/aromatic N) is 1. The van der Waals surface area contributed by atoms with Gasteiger partial charge in [0.15, 0.2) is 0 Å². The lowest BCUT2D eigenvalue weighted by molar-refractivity contribution is 0.0950. The molecule has 0 unspecified atom stereocenters. The van der Waals surface area contributed by atoms with Gasteiger partial charge in [-0.2, -0.15) is 0 Å². The summed E-state index contributed by atoms with van der Waals surface area (Å²) in [4.78, 5) is 16.0. The Kier molecular flexibility index (Phi) is 3.95. The second-order valence-corrected chi connectivity index (χ2v) is 4.37. The van der Waals surface area contributed by atoms with E-state index in [0.717, 1.165) is 11.3 Å². The lowest BCUT2D eigenvalue weighted by Crippen LogP contribution is -2.23. The van der Waals surface area contributed by atoms with Crippen molar-refractivity contribution in [3.8, 4) is 0 Å². The van der Waals surface area contributed by atoms with Gasteiger partial charge in [-0.05, 0) is 30.7 Å². The molecule has 1 aromatic heterocycles. The molecule has 0 fully saturated rings. The van der Waals surface area contributed by atoms with E-state index in [9.17, 15) is 4.79 Å². The summed E-state index contributed by atoms with van der Waals surface area (Å²) in [5.41, 5.74) is 2.33. The van der Waals surface area contributed by atoms with Crippen molar-refractivity contribution >= 4 is 17.5 Å². The normalized spacial score (nSPS) is 10.1. The summed E-state index contributed by atoms with van der Waals surface area (Å²) in [6, 6.07) is 10.9. The molecule has 1 heterocycles. The van der Waals surface area contributed by atoms with E-state index < -0.39 is 0 Å². The fraction of sp³-hybridized carbons (Fsp3) is 0.143. The molecule has 1 aromatic carbocycles. The minimum atomic E-state index is -0.125. The highest BCUT2D eigenvalue weighted by atomic mass is 35.5. The molecular weight excluding hydrogens is 248 g/mol. The fourth-order valence-corrected chi connectivity index (χ4v) is 1.81.